The molecule has 1 atom stereocenters. The SMILES string of the molecule is C=C1C=CN(COCC[Si](C)(C)C)C1=NC1CC=NN1. The van der Waals surface area contributed by atoms with Gasteiger partial charge in [-0.2, -0.15) is 5.10 Å². The highest BCUT2D eigenvalue weighted by atomic mass is 28.3. The molecule has 0 radical (unpaired) electrons. The molecule has 0 bridgehead atoms. The van der Waals surface area contributed by atoms with Gasteiger partial charge >= 0.3 is 0 Å². The van der Waals surface area contributed by atoms with Gasteiger partial charge in [0.1, 0.15) is 18.7 Å². The third-order valence-electron chi connectivity index (χ3n) is 3.16. The number of hydrazone groups is 1. The molecule has 0 saturated heterocycles. The van der Waals surface area contributed by atoms with Gasteiger partial charge in [0, 0.05) is 39.1 Å². The average molecular weight is 292 g/mol. The van der Waals surface area contributed by atoms with Crippen molar-refractivity contribution in [1.82, 2.24) is 10.3 Å². The fourth-order valence-electron chi connectivity index (χ4n) is 1.89. The first-order valence-electron chi connectivity index (χ1n) is 7.02. The van der Waals surface area contributed by atoms with Gasteiger partial charge in [-0.05, 0) is 12.1 Å². The maximum atomic E-state index is 5.77. The maximum Gasteiger partial charge on any atom is 0.141 e. The van der Waals surface area contributed by atoms with Crippen LogP contribution in [0.5, 0.6) is 0 Å². The summed E-state index contributed by atoms with van der Waals surface area (Å²) in [4.78, 5) is 6.64. The molecule has 0 amide bonds. The topological polar surface area (TPSA) is 49.2 Å². The minimum absolute atomic E-state index is 0.0196. The van der Waals surface area contributed by atoms with Crippen LogP contribution in [0.1, 0.15) is 6.42 Å². The smallest absolute Gasteiger partial charge is 0.141 e. The van der Waals surface area contributed by atoms with Crippen molar-refractivity contribution in [3.8, 4) is 0 Å². The van der Waals surface area contributed by atoms with Gasteiger partial charge in [-0.1, -0.05) is 26.2 Å². The molecule has 0 aromatic rings. The van der Waals surface area contributed by atoms with E-state index in [1.54, 1.807) is 0 Å². The number of hydrogen-bond donors (Lipinski definition) is 1. The molecule has 0 saturated carbocycles. The number of hydrogen-bond acceptors (Lipinski definition) is 4. The predicted octanol–water partition coefficient (Wildman–Crippen LogP) is 2.39. The Bertz CT molecular complexity index is 443. The lowest BCUT2D eigenvalue weighted by atomic mass is 10.3. The number of ether oxygens (including phenoxy) is 1. The molecule has 2 heterocycles. The zero-order valence-corrected chi connectivity index (χ0v) is 13.6. The number of rotatable bonds is 6. The summed E-state index contributed by atoms with van der Waals surface area (Å²) in [5, 5.41) is 3.98. The lowest BCUT2D eigenvalue weighted by Crippen LogP contribution is -2.30. The second kappa shape index (κ2) is 6.36. The normalized spacial score (nSPS) is 23.9. The van der Waals surface area contributed by atoms with E-state index in [1.165, 1.54) is 6.04 Å². The highest BCUT2D eigenvalue weighted by molar-refractivity contribution is 6.76. The summed E-state index contributed by atoms with van der Waals surface area (Å²) in [6.07, 6.45) is 6.63. The van der Waals surface area contributed by atoms with Crippen LogP contribution in [0.15, 0.2) is 34.5 Å². The zero-order chi connectivity index (χ0) is 14.6. The van der Waals surface area contributed by atoms with Crippen LogP contribution in [-0.4, -0.2) is 44.5 Å². The van der Waals surface area contributed by atoms with Crippen LogP contribution in [0, 0.1) is 0 Å². The van der Waals surface area contributed by atoms with Crippen LogP contribution >= 0.6 is 0 Å². The number of amidine groups is 1. The summed E-state index contributed by atoms with van der Waals surface area (Å²) < 4.78 is 5.77. The quantitative estimate of drug-likeness (QED) is 0.604. The third kappa shape index (κ3) is 4.31. The number of aliphatic imine (C=N–C) groups is 1. The molecular weight excluding hydrogens is 268 g/mol. The van der Waals surface area contributed by atoms with Gasteiger partial charge in [0.25, 0.3) is 0 Å². The third-order valence-corrected chi connectivity index (χ3v) is 4.87. The van der Waals surface area contributed by atoms with Crippen LogP contribution in [0.25, 0.3) is 0 Å². The molecule has 0 fully saturated rings. The Morgan fingerprint density at radius 1 is 1.55 bits per heavy atom. The van der Waals surface area contributed by atoms with Gasteiger partial charge < -0.3 is 9.64 Å². The Labute approximate surface area is 122 Å². The summed E-state index contributed by atoms with van der Waals surface area (Å²) in [5.74, 6) is 0.876. The monoisotopic (exact) mass is 292 g/mol. The fraction of sp³-hybridized carbons (Fsp3) is 0.571. The molecule has 0 aromatic carbocycles. The Morgan fingerprint density at radius 3 is 3.00 bits per heavy atom. The first-order valence-corrected chi connectivity index (χ1v) is 10.7. The summed E-state index contributed by atoms with van der Waals surface area (Å²) in [6, 6.07) is 1.18. The lowest BCUT2D eigenvalue weighted by molar-refractivity contribution is 0.0945. The van der Waals surface area contributed by atoms with Crippen molar-refractivity contribution >= 4 is 20.1 Å². The van der Waals surface area contributed by atoms with Crippen LogP contribution in [-0.2, 0) is 4.74 Å². The van der Waals surface area contributed by atoms with Crippen molar-refractivity contribution in [2.45, 2.75) is 38.3 Å². The molecule has 0 spiro atoms. The minimum atomic E-state index is -1.03. The molecule has 1 N–H and O–H groups in total. The van der Waals surface area contributed by atoms with Crippen LogP contribution in [0.3, 0.4) is 0 Å². The molecule has 0 aromatic heterocycles. The van der Waals surface area contributed by atoms with Gasteiger partial charge in [0.15, 0.2) is 0 Å². The largest absolute Gasteiger partial charge is 0.361 e. The first-order chi connectivity index (χ1) is 9.46. The second-order valence-electron chi connectivity index (χ2n) is 6.30. The van der Waals surface area contributed by atoms with E-state index < -0.39 is 8.07 Å². The van der Waals surface area contributed by atoms with Crippen molar-refractivity contribution in [3.05, 3.63) is 24.4 Å². The average Bonchev–Trinajstić information content (AvgIpc) is 2.97. The maximum absolute atomic E-state index is 5.77. The second-order valence-corrected chi connectivity index (χ2v) is 11.9. The van der Waals surface area contributed by atoms with Gasteiger partial charge in [-0.25, -0.2) is 4.99 Å². The molecule has 2 aliphatic heterocycles. The number of nitrogens with one attached hydrogen (secondary N) is 1. The summed E-state index contributed by atoms with van der Waals surface area (Å²) >= 11 is 0. The van der Waals surface area contributed by atoms with Crippen molar-refractivity contribution in [3.63, 3.8) is 0 Å². The predicted molar refractivity (Wildman–Crippen MR) is 86.6 cm³/mol. The van der Waals surface area contributed by atoms with Crippen molar-refractivity contribution < 1.29 is 4.74 Å². The highest BCUT2D eigenvalue weighted by Gasteiger charge is 2.20. The van der Waals surface area contributed by atoms with Gasteiger partial charge in [0.05, 0.1) is 0 Å². The van der Waals surface area contributed by atoms with Gasteiger partial charge in [-0.15, -0.1) is 0 Å². The van der Waals surface area contributed by atoms with Gasteiger partial charge in [-0.3, -0.25) is 5.43 Å². The van der Waals surface area contributed by atoms with E-state index in [2.05, 4.69) is 41.7 Å². The molecule has 2 aliphatic rings. The van der Waals surface area contributed by atoms with E-state index >= 15 is 0 Å². The fourth-order valence-corrected chi connectivity index (χ4v) is 2.64. The zero-order valence-electron chi connectivity index (χ0n) is 12.6. The van der Waals surface area contributed by atoms with E-state index in [0.717, 1.165) is 24.4 Å². The molecule has 2 rings (SSSR count). The van der Waals surface area contributed by atoms with E-state index in [9.17, 15) is 0 Å². The van der Waals surface area contributed by atoms with E-state index in [4.69, 9.17) is 4.74 Å². The standard InChI is InChI=1S/C14H24N4OSi/c1-12-6-8-18(11-19-9-10-20(2,3)4)14(12)16-13-5-7-15-17-13/h6-8,13,17H,1,5,9-11H2,2-4H3. The van der Waals surface area contributed by atoms with E-state index in [1.807, 2.05) is 23.4 Å². The van der Waals surface area contributed by atoms with Gasteiger partial charge in [0.2, 0.25) is 0 Å². The Morgan fingerprint density at radius 2 is 2.35 bits per heavy atom. The van der Waals surface area contributed by atoms with E-state index in [-0.39, 0.29) is 6.17 Å². The molecule has 110 valence electrons. The molecule has 6 heteroatoms. The van der Waals surface area contributed by atoms with Crippen molar-refractivity contribution in [2.24, 2.45) is 10.1 Å². The highest BCUT2D eigenvalue weighted by Crippen LogP contribution is 2.16. The van der Waals surface area contributed by atoms with E-state index in [0.29, 0.717) is 6.73 Å². The Balaban J connectivity index is 1.83. The molecule has 20 heavy (non-hydrogen) atoms. The van der Waals surface area contributed by atoms with Crippen LogP contribution < -0.4 is 5.43 Å². The van der Waals surface area contributed by atoms with Crippen LogP contribution in [0.4, 0.5) is 0 Å². The minimum Gasteiger partial charge on any atom is -0.361 e. The van der Waals surface area contributed by atoms with Crippen molar-refractivity contribution in [1.29, 1.82) is 0 Å². The molecule has 5 nitrogen and oxygen atoms in total. The Kier molecular flexibility index (Phi) is 4.77. The molecule has 0 aliphatic carbocycles. The van der Waals surface area contributed by atoms with Crippen molar-refractivity contribution in [2.75, 3.05) is 13.3 Å². The van der Waals surface area contributed by atoms with Crippen LogP contribution in [0.2, 0.25) is 25.7 Å². The number of nitrogens with zero attached hydrogens (tertiary/aromatic N) is 3. The molecular formula is C14H24N4OSi. The molecule has 1 unspecified atom stereocenters. The Hall–Kier alpha value is -1.40. The lowest BCUT2D eigenvalue weighted by Gasteiger charge is -2.21. The first kappa shape index (κ1) is 15.0. The summed E-state index contributed by atoms with van der Waals surface area (Å²) in [5.41, 5.74) is 3.89. The summed E-state index contributed by atoms with van der Waals surface area (Å²) in [6.45, 7) is 12.4. The summed E-state index contributed by atoms with van der Waals surface area (Å²) in [7, 11) is -1.03.